The molecule has 1 aliphatic rings. The Balaban J connectivity index is 1.87. The van der Waals surface area contributed by atoms with E-state index in [9.17, 15) is 13.6 Å². The fraction of sp³-hybridized carbons (Fsp3) is 0.533. The van der Waals surface area contributed by atoms with Crippen LogP contribution in [0.4, 0.5) is 8.78 Å². The fourth-order valence-electron chi connectivity index (χ4n) is 2.72. The Morgan fingerprint density at radius 1 is 1.32 bits per heavy atom. The molecular weight excluding hydrogens is 248 g/mol. The summed E-state index contributed by atoms with van der Waals surface area (Å²) in [6, 6.07) is 8.64. The standard InChI is InChI=1S/C15H19F2NO/c1-11-7-13(9-15(16,17)8-11)18-10-14(19)12-5-3-2-4-6-12/h2-6,11,13,18H,7-10H2,1H3/t11-,13+/m1/s1. The van der Waals surface area contributed by atoms with E-state index >= 15 is 0 Å². The summed E-state index contributed by atoms with van der Waals surface area (Å²) in [5, 5.41) is 2.98. The summed E-state index contributed by atoms with van der Waals surface area (Å²) in [5.41, 5.74) is 0.616. The van der Waals surface area contributed by atoms with Crippen molar-refractivity contribution in [1.29, 1.82) is 0 Å². The average Bonchev–Trinajstić information content (AvgIpc) is 2.34. The molecule has 1 aliphatic carbocycles. The summed E-state index contributed by atoms with van der Waals surface area (Å²) in [5.74, 6) is -2.67. The van der Waals surface area contributed by atoms with Crippen molar-refractivity contribution in [2.24, 2.45) is 5.92 Å². The molecule has 2 nitrogen and oxygen atoms in total. The second-order valence-electron chi connectivity index (χ2n) is 5.47. The minimum Gasteiger partial charge on any atom is -0.307 e. The van der Waals surface area contributed by atoms with Crippen molar-refractivity contribution in [1.82, 2.24) is 5.32 Å². The van der Waals surface area contributed by atoms with E-state index in [0.717, 1.165) is 0 Å². The van der Waals surface area contributed by atoms with Gasteiger partial charge in [-0.15, -0.1) is 0 Å². The normalized spacial score (nSPS) is 26.1. The molecule has 0 bridgehead atoms. The molecular formula is C15H19F2NO. The van der Waals surface area contributed by atoms with E-state index < -0.39 is 5.92 Å². The van der Waals surface area contributed by atoms with Crippen LogP contribution in [-0.2, 0) is 0 Å². The number of rotatable bonds is 4. The molecule has 19 heavy (non-hydrogen) atoms. The quantitative estimate of drug-likeness (QED) is 0.848. The third-order valence-corrected chi connectivity index (χ3v) is 3.53. The van der Waals surface area contributed by atoms with E-state index in [-0.39, 0.29) is 37.1 Å². The smallest absolute Gasteiger partial charge is 0.249 e. The highest BCUT2D eigenvalue weighted by Gasteiger charge is 2.39. The Kier molecular flexibility index (Phi) is 4.30. The number of halogens is 2. The van der Waals surface area contributed by atoms with Crippen LogP contribution < -0.4 is 5.32 Å². The second kappa shape index (κ2) is 5.78. The third-order valence-electron chi connectivity index (χ3n) is 3.53. The lowest BCUT2D eigenvalue weighted by Gasteiger charge is -2.33. The number of carbonyl (C=O) groups excluding carboxylic acids is 1. The van der Waals surface area contributed by atoms with E-state index in [0.29, 0.717) is 12.0 Å². The zero-order valence-electron chi connectivity index (χ0n) is 11.0. The van der Waals surface area contributed by atoms with Gasteiger partial charge in [-0.1, -0.05) is 37.3 Å². The first-order valence-corrected chi connectivity index (χ1v) is 6.66. The highest BCUT2D eigenvalue weighted by molar-refractivity contribution is 5.97. The number of hydrogen-bond donors (Lipinski definition) is 1. The second-order valence-corrected chi connectivity index (χ2v) is 5.47. The van der Waals surface area contributed by atoms with Crippen LogP contribution in [0.25, 0.3) is 0 Å². The SMILES string of the molecule is C[C@@H]1C[C@H](NCC(=O)c2ccccc2)CC(F)(F)C1. The molecule has 0 spiro atoms. The maximum absolute atomic E-state index is 13.4. The van der Waals surface area contributed by atoms with Gasteiger partial charge in [0.15, 0.2) is 5.78 Å². The Morgan fingerprint density at radius 3 is 2.63 bits per heavy atom. The van der Waals surface area contributed by atoms with Crippen LogP contribution in [0.5, 0.6) is 0 Å². The summed E-state index contributed by atoms with van der Waals surface area (Å²) < 4.78 is 26.9. The Morgan fingerprint density at radius 2 is 2.00 bits per heavy atom. The fourth-order valence-corrected chi connectivity index (χ4v) is 2.72. The molecule has 1 aromatic rings. The number of ketones is 1. The topological polar surface area (TPSA) is 29.1 Å². The van der Waals surface area contributed by atoms with Gasteiger partial charge in [-0.25, -0.2) is 8.78 Å². The van der Waals surface area contributed by atoms with Crippen molar-refractivity contribution in [3.8, 4) is 0 Å². The average molecular weight is 267 g/mol. The van der Waals surface area contributed by atoms with E-state index in [4.69, 9.17) is 0 Å². The van der Waals surface area contributed by atoms with Gasteiger partial charge in [-0.3, -0.25) is 4.79 Å². The van der Waals surface area contributed by atoms with Gasteiger partial charge >= 0.3 is 0 Å². The highest BCUT2D eigenvalue weighted by Crippen LogP contribution is 2.36. The molecule has 0 aromatic heterocycles. The number of nitrogens with one attached hydrogen (secondary N) is 1. The van der Waals surface area contributed by atoms with Gasteiger partial charge < -0.3 is 5.32 Å². The Labute approximate surface area is 112 Å². The monoisotopic (exact) mass is 267 g/mol. The predicted octanol–water partition coefficient (Wildman–Crippen LogP) is 3.28. The van der Waals surface area contributed by atoms with E-state index in [2.05, 4.69) is 5.32 Å². The minimum absolute atomic E-state index is 0.00641. The lowest BCUT2D eigenvalue weighted by molar-refractivity contribution is -0.0600. The molecule has 2 rings (SSSR count). The lowest BCUT2D eigenvalue weighted by atomic mass is 9.84. The molecule has 0 unspecified atom stereocenters. The number of Topliss-reactive ketones (excluding diaryl/α,β-unsaturated/α-hetero) is 1. The van der Waals surface area contributed by atoms with E-state index in [1.165, 1.54) is 0 Å². The van der Waals surface area contributed by atoms with Crippen molar-refractivity contribution in [3.63, 3.8) is 0 Å². The third kappa shape index (κ3) is 4.10. The molecule has 4 heteroatoms. The van der Waals surface area contributed by atoms with Crippen LogP contribution >= 0.6 is 0 Å². The minimum atomic E-state index is -2.61. The molecule has 104 valence electrons. The summed E-state index contributed by atoms with van der Waals surface area (Å²) in [6.07, 6.45) is 0.495. The maximum Gasteiger partial charge on any atom is 0.249 e. The van der Waals surface area contributed by atoms with Crippen LogP contribution in [0.15, 0.2) is 30.3 Å². The van der Waals surface area contributed by atoms with Crippen LogP contribution in [0.1, 0.15) is 36.5 Å². The predicted molar refractivity (Wildman–Crippen MR) is 70.5 cm³/mol. The first kappa shape index (κ1) is 14.1. The van der Waals surface area contributed by atoms with E-state index in [1.54, 1.807) is 24.3 Å². The van der Waals surface area contributed by atoms with Crippen molar-refractivity contribution >= 4 is 5.78 Å². The van der Waals surface area contributed by atoms with Gasteiger partial charge in [0.2, 0.25) is 5.92 Å². The highest BCUT2D eigenvalue weighted by atomic mass is 19.3. The lowest BCUT2D eigenvalue weighted by Crippen LogP contribution is -2.43. The van der Waals surface area contributed by atoms with Gasteiger partial charge in [-0.2, -0.15) is 0 Å². The van der Waals surface area contributed by atoms with Gasteiger partial charge in [0, 0.05) is 24.4 Å². The molecule has 2 atom stereocenters. The molecule has 0 aliphatic heterocycles. The maximum atomic E-state index is 13.4. The van der Waals surface area contributed by atoms with Gasteiger partial charge in [0.25, 0.3) is 0 Å². The molecule has 1 saturated carbocycles. The largest absolute Gasteiger partial charge is 0.307 e. The summed E-state index contributed by atoms with van der Waals surface area (Å²) in [4.78, 5) is 11.9. The van der Waals surface area contributed by atoms with Gasteiger partial charge in [0.05, 0.1) is 6.54 Å². The molecule has 0 saturated heterocycles. The number of carbonyl (C=O) groups is 1. The molecule has 1 fully saturated rings. The van der Waals surface area contributed by atoms with Crippen molar-refractivity contribution in [2.45, 2.75) is 38.2 Å². The van der Waals surface area contributed by atoms with Crippen LogP contribution in [0.3, 0.4) is 0 Å². The molecule has 0 heterocycles. The summed E-state index contributed by atoms with van der Waals surface area (Å²) in [6.45, 7) is 1.96. The zero-order chi connectivity index (χ0) is 13.9. The van der Waals surface area contributed by atoms with Crippen LogP contribution in [-0.4, -0.2) is 24.3 Å². The van der Waals surface area contributed by atoms with Crippen LogP contribution in [0.2, 0.25) is 0 Å². The Bertz CT molecular complexity index is 433. The Hall–Kier alpha value is -1.29. The molecule has 0 amide bonds. The van der Waals surface area contributed by atoms with Crippen molar-refractivity contribution in [2.75, 3.05) is 6.54 Å². The number of benzene rings is 1. The molecule has 1 aromatic carbocycles. The summed E-state index contributed by atoms with van der Waals surface area (Å²) >= 11 is 0. The number of hydrogen-bond acceptors (Lipinski definition) is 2. The summed E-state index contributed by atoms with van der Waals surface area (Å²) in [7, 11) is 0. The number of alkyl halides is 2. The van der Waals surface area contributed by atoms with E-state index in [1.807, 2.05) is 13.0 Å². The van der Waals surface area contributed by atoms with Crippen molar-refractivity contribution in [3.05, 3.63) is 35.9 Å². The molecule has 1 N–H and O–H groups in total. The van der Waals surface area contributed by atoms with Gasteiger partial charge in [0.1, 0.15) is 0 Å². The van der Waals surface area contributed by atoms with Gasteiger partial charge in [-0.05, 0) is 12.3 Å². The van der Waals surface area contributed by atoms with Crippen molar-refractivity contribution < 1.29 is 13.6 Å². The first-order valence-electron chi connectivity index (χ1n) is 6.66. The first-order chi connectivity index (χ1) is 8.96. The van der Waals surface area contributed by atoms with Crippen LogP contribution in [0, 0.1) is 5.92 Å². The molecule has 0 radical (unpaired) electrons. The zero-order valence-corrected chi connectivity index (χ0v) is 11.0.